The lowest BCUT2D eigenvalue weighted by atomic mass is 9.83. The lowest BCUT2D eigenvalue weighted by Crippen LogP contribution is -2.48. The molecule has 0 spiro atoms. The average Bonchev–Trinajstić information content (AvgIpc) is 2.66. The molecular weight excluding hydrogens is 330 g/mol. The molecular formula is C19H21N5O2. The molecule has 0 saturated carbocycles. The molecule has 1 aromatic heterocycles. The highest BCUT2D eigenvalue weighted by Gasteiger charge is 2.38. The van der Waals surface area contributed by atoms with Crippen LogP contribution in [0.25, 0.3) is 0 Å². The van der Waals surface area contributed by atoms with Crippen molar-refractivity contribution >= 4 is 23.5 Å². The van der Waals surface area contributed by atoms with Gasteiger partial charge in [0.05, 0.1) is 12.0 Å². The number of nitrogens with two attached hydrogens (primary N) is 1. The van der Waals surface area contributed by atoms with Crippen LogP contribution in [0.4, 0.5) is 5.69 Å². The second-order valence-electron chi connectivity index (χ2n) is 6.23. The number of anilines is 1. The van der Waals surface area contributed by atoms with E-state index in [1.165, 1.54) is 4.90 Å². The van der Waals surface area contributed by atoms with Gasteiger partial charge in [0.1, 0.15) is 5.69 Å². The van der Waals surface area contributed by atoms with Gasteiger partial charge in [0, 0.05) is 18.9 Å². The Bertz CT molecular complexity index is 865. The molecule has 2 aromatic rings. The average molecular weight is 351 g/mol. The van der Waals surface area contributed by atoms with Crippen LogP contribution in [0.1, 0.15) is 35.8 Å². The first kappa shape index (κ1) is 17.6. The first-order valence-corrected chi connectivity index (χ1v) is 8.40. The second kappa shape index (κ2) is 6.95. The zero-order chi connectivity index (χ0) is 18.7. The number of carbonyl (C=O) groups excluding carboxylic acids is 2. The fraction of sp³-hybridized carbons (Fsp3) is 0.263. The van der Waals surface area contributed by atoms with Crippen LogP contribution in [0.15, 0.2) is 53.7 Å². The molecule has 0 radical (unpaired) electrons. The number of amides is 2. The van der Waals surface area contributed by atoms with E-state index >= 15 is 0 Å². The minimum absolute atomic E-state index is 0.0812. The van der Waals surface area contributed by atoms with E-state index in [9.17, 15) is 9.59 Å². The van der Waals surface area contributed by atoms with Crippen LogP contribution in [0.5, 0.6) is 0 Å². The van der Waals surface area contributed by atoms with Crippen molar-refractivity contribution in [2.75, 3.05) is 12.4 Å². The van der Waals surface area contributed by atoms with Gasteiger partial charge >= 0.3 is 0 Å². The fourth-order valence-corrected chi connectivity index (χ4v) is 2.98. The highest BCUT2D eigenvalue weighted by atomic mass is 16.2. The number of hydrogen-bond donors (Lipinski definition) is 2. The number of carbonyl (C=O) groups is 2. The summed E-state index contributed by atoms with van der Waals surface area (Å²) in [4.78, 5) is 34.6. The van der Waals surface area contributed by atoms with Crippen molar-refractivity contribution in [2.45, 2.75) is 25.3 Å². The van der Waals surface area contributed by atoms with Crippen LogP contribution in [0, 0.1) is 0 Å². The highest BCUT2D eigenvalue weighted by Crippen LogP contribution is 2.37. The molecule has 134 valence electrons. The number of aromatic nitrogens is 1. The molecule has 0 bridgehead atoms. The molecule has 0 saturated heterocycles. The molecule has 1 aromatic carbocycles. The summed E-state index contributed by atoms with van der Waals surface area (Å²) in [5, 5.41) is 2.83. The largest absolute Gasteiger partial charge is 0.369 e. The fourth-order valence-electron chi connectivity index (χ4n) is 2.98. The molecule has 26 heavy (non-hydrogen) atoms. The van der Waals surface area contributed by atoms with Crippen LogP contribution in [-0.4, -0.2) is 34.7 Å². The molecule has 1 unspecified atom stereocenters. The summed E-state index contributed by atoms with van der Waals surface area (Å²) in [6.07, 6.45) is 2.42. The number of nitrogens with one attached hydrogen (secondary N) is 1. The Morgan fingerprint density at radius 1 is 1.31 bits per heavy atom. The van der Waals surface area contributed by atoms with Crippen molar-refractivity contribution in [3.05, 3.63) is 59.9 Å². The van der Waals surface area contributed by atoms with E-state index in [1.54, 1.807) is 37.5 Å². The smallest absolute Gasteiger partial charge is 0.274 e. The van der Waals surface area contributed by atoms with E-state index in [2.05, 4.69) is 15.3 Å². The Balaban J connectivity index is 1.91. The molecule has 1 aliphatic rings. The lowest BCUT2D eigenvalue weighted by Gasteiger charge is -2.36. The molecule has 1 aliphatic heterocycles. The van der Waals surface area contributed by atoms with E-state index in [4.69, 9.17) is 5.73 Å². The number of hydrogen-bond acceptors (Lipinski definition) is 5. The number of pyridine rings is 1. The van der Waals surface area contributed by atoms with E-state index in [0.29, 0.717) is 17.8 Å². The van der Waals surface area contributed by atoms with Gasteiger partial charge in [-0.2, -0.15) is 0 Å². The Morgan fingerprint density at radius 2 is 2.12 bits per heavy atom. The van der Waals surface area contributed by atoms with Crippen molar-refractivity contribution < 1.29 is 9.59 Å². The third-order valence-electron chi connectivity index (χ3n) is 4.63. The van der Waals surface area contributed by atoms with Gasteiger partial charge in [0.25, 0.3) is 5.91 Å². The number of guanidine groups is 1. The standard InChI is InChI=1S/C19H21N5O2/c1-3-19(12-16(25)24(2)18(20)23-19)13-7-6-8-14(11-13)22-17(26)15-9-4-5-10-21-15/h4-11H,3,12H2,1-2H3,(H2,20,23)(H,22,26). The normalized spacial score (nSPS) is 19.8. The van der Waals surface area contributed by atoms with E-state index in [1.807, 2.05) is 25.1 Å². The van der Waals surface area contributed by atoms with Crippen molar-refractivity contribution in [3.8, 4) is 0 Å². The summed E-state index contributed by atoms with van der Waals surface area (Å²) in [5.74, 6) is -0.177. The van der Waals surface area contributed by atoms with Gasteiger partial charge < -0.3 is 11.1 Å². The molecule has 2 amide bonds. The Morgan fingerprint density at radius 3 is 2.77 bits per heavy atom. The van der Waals surface area contributed by atoms with Crippen LogP contribution in [0.3, 0.4) is 0 Å². The van der Waals surface area contributed by atoms with Gasteiger partial charge in [-0.1, -0.05) is 25.1 Å². The van der Waals surface area contributed by atoms with Crippen molar-refractivity contribution in [1.82, 2.24) is 9.88 Å². The van der Waals surface area contributed by atoms with Gasteiger partial charge in [-0.25, -0.2) is 4.99 Å². The predicted molar refractivity (Wildman–Crippen MR) is 99.6 cm³/mol. The third kappa shape index (κ3) is 3.28. The first-order chi connectivity index (χ1) is 12.4. The first-order valence-electron chi connectivity index (χ1n) is 8.40. The maximum Gasteiger partial charge on any atom is 0.274 e. The Kier molecular flexibility index (Phi) is 4.71. The third-order valence-corrected chi connectivity index (χ3v) is 4.63. The number of benzene rings is 1. The predicted octanol–water partition coefficient (Wildman–Crippen LogP) is 2.12. The molecule has 1 atom stereocenters. The Labute approximate surface area is 151 Å². The molecule has 0 aliphatic carbocycles. The number of rotatable bonds is 4. The second-order valence-corrected chi connectivity index (χ2v) is 6.23. The molecule has 3 N–H and O–H groups in total. The summed E-state index contributed by atoms with van der Waals surface area (Å²) < 4.78 is 0. The molecule has 0 fully saturated rings. The van der Waals surface area contributed by atoms with E-state index < -0.39 is 5.54 Å². The summed E-state index contributed by atoms with van der Waals surface area (Å²) in [5.41, 5.74) is 6.99. The van der Waals surface area contributed by atoms with Gasteiger partial charge in [-0.05, 0) is 36.2 Å². The minimum Gasteiger partial charge on any atom is -0.369 e. The van der Waals surface area contributed by atoms with Crippen LogP contribution < -0.4 is 11.1 Å². The number of nitrogens with zero attached hydrogens (tertiary/aromatic N) is 3. The van der Waals surface area contributed by atoms with Crippen molar-refractivity contribution in [3.63, 3.8) is 0 Å². The quantitative estimate of drug-likeness (QED) is 0.881. The van der Waals surface area contributed by atoms with Gasteiger partial charge in [0.15, 0.2) is 5.96 Å². The monoisotopic (exact) mass is 351 g/mol. The summed E-state index contributed by atoms with van der Waals surface area (Å²) in [6, 6.07) is 12.5. The van der Waals surface area contributed by atoms with Crippen LogP contribution in [-0.2, 0) is 10.3 Å². The summed E-state index contributed by atoms with van der Waals surface area (Å²) in [7, 11) is 1.62. The highest BCUT2D eigenvalue weighted by molar-refractivity contribution is 6.03. The lowest BCUT2D eigenvalue weighted by molar-refractivity contribution is -0.128. The van der Waals surface area contributed by atoms with E-state index in [0.717, 1.165) is 5.56 Å². The maximum atomic E-state index is 12.3. The minimum atomic E-state index is -0.723. The van der Waals surface area contributed by atoms with Crippen molar-refractivity contribution in [1.29, 1.82) is 0 Å². The van der Waals surface area contributed by atoms with Gasteiger partial charge in [-0.15, -0.1) is 0 Å². The molecule has 3 rings (SSSR count). The van der Waals surface area contributed by atoms with Crippen LogP contribution >= 0.6 is 0 Å². The number of aliphatic imine (C=N–C) groups is 1. The Hall–Kier alpha value is -3.22. The van der Waals surface area contributed by atoms with Gasteiger partial charge in [0.2, 0.25) is 5.91 Å². The summed E-state index contributed by atoms with van der Waals surface area (Å²) >= 11 is 0. The van der Waals surface area contributed by atoms with Gasteiger partial charge in [-0.3, -0.25) is 19.5 Å². The molecule has 7 heteroatoms. The zero-order valence-electron chi connectivity index (χ0n) is 14.8. The van der Waals surface area contributed by atoms with Crippen molar-refractivity contribution in [2.24, 2.45) is 10.7 Å². The van der Waals surface area contributed by atoms with E-state index in [-0.39, 0.29) is 24.2 Å². The summed E-state index contributed by atoms with van der Waals surface area (Å²) in [6.45, 7) is 1.97. The van der Waals surface area contributed by atoms with Crippen LogP contribution in [0.2, 0.25) is 0 Å². The topological polar surface area (TPSA) is 101 Å². The maximum absolute atomic E-state index is 12.3. The molecule has 2 heterocycles. The SMILES string of the molecule is CCC1(c2cccc(NC(=O)c3ccccn3)c2)CC(=O)N(C)C(N)=N1. The zero-order valence-corrected chi connectivity index (χ0v) is 14.8. The molecule has 7 nitrogen and oxygen atoms in total.